The van der Waals surface area contributed by atoms with Crippen LogP contribution < -0.4 is 10.6 Å². The fraction of sp³-hybridized carbons (Fsp3) is 0.562. The highest BCUT2D eigenvalue weighted by Crippen LogP contribution is 2.05. The van der Waals surface area contributed by atoms with E-state index in [0.29, 0.717) is 19.8 Å². The average Bonchev–Trinajstić information content (AvgIpc) is 2.54. The van der Waals surface area contributed by atoms with Crippen molar-refractivity contribution in [2.75, 3.05) is 33.4 Å². The Labute approximate surface area is 151 Å². The zero-order valence-electron chi connectivity index (χ0n) is 13.7. The van der Waals surface area contributed by atoms with E-state index in [1.165, 1.54) is 5.56 Å². The number of hydrogen-bond acceptors (Lipinski definition) is 4. The smallest absolute Gasteiger partial charge is 0.239 e. The number of hydrogen-bond donors (Lipinski definition) is 2. The van der Waals surface area contributed by atoms with Gasteiger partial charge in [0.2, 0.25) is 5.91 Å². The highest BCUT2D eigenvalue weighted by molar-refractivity contribution is 5.85. The van der Waals surface area contributed by atoms with Crippen molar-refractivity contribution < 1.29 is 9.53 Å². The summed E-state index contributed by atoms with van der Waals surface area (Å²) in [4.78, 5) is 14.2. The van der Waals surface area contributed by atoms with Crippen LogP contribution in [0.2, 0.25) is 0 Å². The van der Waals surface area contributed by atoms with Crippen LogP contribution in [0.3, 0.4) is 0 Å². The van der Waals surface area contributed by atoms with Gasteiger partial charge in [0, 0.05) is 25.7 Å². The van der Waals surface area contributed by atoms with Crippen LogP contribution in [0.4, 0.5) is 0 Å². The summed E-state index contributed by atoms with van der Waals surface area (Å²) in [7, 11) is 2.08. The highest BCUT2D eigenvalue weighted by Gasteiger charge is 2.21. The van der Waals surface area contributed by atoms with Gasteiger partial charge in [-0.2, -0.15) is 0 Å². The monoisotopic (exact) mass is 363 g/mol. The van der Waals surface area contributed by atoms with Crippen molar-refractivity contribution in [2.45, 2.75) is 25.6 Å². The zero-order chi connectivity index (χ0) is 15.1. The summed E-state index contributed by atoms with van der Waals surface area (Å²) in [6.45, 7) is 5.51. The van der Waals surface area contributed by atoms with Gasteiger partial charge in [-0.1, -0.05) is 30.3 Å². The van der Waals surface area contributed by atoms with Crippen LogP contribution >= 0.6 is 24.8 Å². The molecule has 1 heterocycles. The molecule has 5 nitrogen and oxygen atoms in total. The summed E-state index contributed by atoms with van der Waals surface area (Å²) >= 11 is 0. The maximum Gasteiger partial charge on any atom is 0.239 e. The van der Waals surface area contributed by atoms with Gasteiger partial charge in [0.05, 0.1) is 13.2 Å². The molecule has 1 aliphatic heterocycles. The van der Waals surface area contributed by atoms with Crippen molar-refractivity contribution in [1.29, 1.82) is 0 Å². The van der Waals surface area contributed by atoms with Crippen molar-refractivity contribution >= 4 is 30.7 Å². The minimum Gasteiger partial charge on any atom is -0.378 e. The topological polar surface area (TPSA) is 53.6 Å². The zero-order valence-corrected chi connectivity index (χ0v) is 15.3. The standard InChI is InChI=1S/C16H25N3O2.2ClH/c1-13(19(2)11-14-6-4-3-5-7-14)10-18-16(20)15-12-21-9-8-17-15;;/h3-7,13,15,17H,8-12H2,1-2H3,(H,18,20);2*1H. The van der Waals surface area contributed by atoms with Crippen molar-refractivity contribution in [3.8, 4) is 0 Å². The van der Waals surface area contributed by atoms with Gasteiger partial charge < -0.3 is 15.4 Å². The molecule has 2 unspecified atom stereocenters. The predicted molar refractivity (Wildman–Crippen MR) is 97.5 cm³/mol. The van der Waals surface area contributed by atoms with Crippen molar-refractivity contribution in [2.24, 2.45) is 0 Å². The average molecular weight is 364 g/mol. The Morgan fingerprint density at radius 3 is 2.70 bits per heavy atom. The van der Waals surface area contributed by atoms with E-state index in [0.717, 1.165) is 13.1 Å². The largest absolute Gasteiger partial charge is 0.378 e. The maximum atomic E-state index is 12.0. The molecule has 0 aliphatic carbocycles. The molecule has 0 bridgehead atoms. The lowest BCUT2D eigenvalue weighted by Crippen LogP contribution is -2.53. The molecule has 2 N–H and O–H groups in total. The van der Waals surface area contributed by atoms with Gasteiger partial charge in [0.15, 0.2) is 0 Å². The number of nitrogens with one attached hydrogen (secondary N) is 2. The lowest BCUT2D eigenvalue weighted by molar-refractivity contribution is -0.126. The summed E-state index contributed by atoms with van der Waals surface area (Å²) < 4.78 is 5.30. The first kappa shape index (κ1) is 22.1. The van der Waals surface area contributed by atoms with Crippen LogP contribution in [0.5, 0.6) is 0 Å². The van der Waals surface area contributed by atoms with Crippen molar-refractivity contribution in [3.63, 3.8) is 0 Å². The number of carbonyl (C=O) groups is 1. The number of rotatable bonds is 6. The number of nitrogens with zero attached hydrogens (tertiary/aromatic N) is 1. The second-order valence-corrected chi connectivity index (χ2v) is 5.58. The Hall–Kier alpha value is -0.850. The van der Waals surface area contributed by atoms with Gasteiger partial charge in [-0.15, -0.1) is 24.8 Å². The Bertz CT molecular complexity index is 442. The molecule has 1 aromatic carbocycles. The Kier molecular flexibility index (Phi) is 11.2. The lowest BCUT2D eigenvalue weighted by atomic mass is 10.2. The Morgan fingerprint density at radius 1 is 1.39 bits per heavy atom. The molecule has 132 valence electrons. The molecular formula is C16H27Cl2N3O2. The molecule has 1 aliphatic rings. The van der Waals surface area contributed by atoms with Crippen molar-refractivity contribution in [3.05, 3.63) is 35.9 Å². The second-order valence-electron chi connectivity index (χ2n) is 5.58. The number of morpholine rings is 1. The van der Waals surface area contributed by atoms with Crippen LogP contribution in [0.15, 0.2) is 30.3 Å². The van der Waals surface area contributed by atoms with Crippen LogP contribution in [0.1, 0.15) is 12.5 Å². The van der Waals surface area contributed by atoms with E-state index in [2.05, 4.69) is 41.6 Å². The third kappa shape index (κ3) is 7.50. The van der Waals surface area contributed by atoms with Gasteiger partial charge in [-0.05, 0) is 19.5 Å². The van der Waals surface area contributed by atoms with Crippen LogP contribution in [0, 0.1) is 0 Å². The number of carbonyl (C=O) groups excluding carboxylic acids is 1. The van der Waals surface area contributed by atoms with Crippen LogP contribution in [-0.4, -0.2) is 56.2 Å². The molecule has 1 aromatic rings. The Morgan fingerprint density at radius 2 is 2.09 bits per heavy atom. The first-order valence-electron chi connectivity index (χ1n) is 7.50. The molecule has 0 radical (unpaired) electrons. The van der Waals surface area contributed by atoms with Gasteiger partial charge in [-0.3, -0.25) is 9.69 Å². The summed E-state index contributed by atoms with van der Waals surface area (Å²) in [5.41, 5.74) is 1.28. The summed E-state index contributed by atoms with van der Waals surface area (Å²) in [6.07, 6.45) is 0. The fourth-order valence-corrected chi connectivity index (χ4v) is 2.29. The van der Waals surface area contributed by atoms with Crippen LogP contribution in [0.25, 0.3) is 0 Å². The highest BCUT2D eigenvalue weighted by atomic mass is 35.5. The molecule has 1 saturated heterocycles. The molecule has 1 amide bonds. The molecular weight excluding hydrogens is 337 g/mol. The molecule has 0 spiro atoms. The van der Waals surface area contributed by atoms with E-state index < -0.39 is 0 Å². The molecule has 1 fully saturated rings. The third-order valence-corrected chi connectivity index (χ3v) is 3.84. The Balaban J connectivity index is 0.00000242. The normalized spacial score (nSPS) is 18.5. The molecule has 23 heavy (non-hydrogen) atoms. The lowest BCUT2D eigenvalue weighted by Gasteiger charge is -2.27. The van der Waals surface area contributed by atoms with Gasteiger partial charge in [0.1, 0.15) is 6.04 Å². The third-order valence-electron chi connectivity index (χ3n) is 3.84. The molecule has 2 atom stereocenters. The minimum absolute atomic E-state index is 0. The summed E-state index contributed by atoms with van der Waals surface area (Å²) in [5, 5.41) is 6.16. The summed E-state index contributed by atoms with van der Waals surface area (Å²) in [5.74, 6) is 0.0228. The van der Waals surface area contributed by atoms with E-state index >= 15 is 0 Å². The predicted octanol–water partition coefficient (Wildman–Crippen LogP) is 1.46. The quantitative estimate of drug-likeness (QED) is 0.803. The number of halogens is 2. The maximum absolute atomic E-state index is 12.0. The number of benzene rings is 1. The molecule has 7 heteroatoms. The number of amides is 1. The van der Waals surface area contributed by atoms with E-state index in [4.69, 9.17) is 4.74 Å². The molecule has 0 saturated carbocycles. The summed E-state index contributed by atoms with van der Waals surface area (Å²) in [6, 6.07) is 10.4. The number of likely N-dealkylation sites (N-methyl/N-ethyl adjacent to an activating group) is 1. The first-order chi connectivity index (χ1) is 10.2. The van der Waals surface area contributed by atoms with E-state index in [-0.39, 0.29) is 42.8 Å². The fourth-order valence-electron chi connectivity index (χ4n) is 2.29. The molecule has 2 rings (SSSR count). The van der Waals surface area contributed by atoms with Gasteiger partial charge in [0.25, 0.3) is 0 Å². The minimum atomic E-state index is -0.217. The van der Waals surface area contributed by atoms with Crippen molar-refractivity contribution in [1.82, 2.24) is 15.5 Å². The second kappa shape index (κ2) is 11.6. The van der Waals surface area contributed by atoms with Gasteiger partial charge in [-0.25, -0.2) is 0 Å². The SMILES string of the molecule is CC(CNC(=O)C1COCCN1)N(C)Cc1ccccc1.Cl.Cl. The first-order valence-corrected chi connectivity index (χ1v) is 7.50. The van der Waals surface area contributed by atoms with E-state index in [1.807, 2.05) is 18.2 Å². The van der Waals surface area contributed by atoms with E-state index in [9.17, 15) is 4.79 Å². The molecule has 0 aromatic heterocycles. The van der Waals surface area contributed by atoms with E-state index in [1.54, 1.807) is 0 Å². The van der Waals surface area contributed by atoms with Crippen LogP contribution in [-0.2, 0) is 16.1 Å². The number of ether oxygens (including phenoxy) is 1. The van der Waals surface area contributed by atoms with Gasteiger partial charge >= 0.3 is 0 Å².